The lowest BCUT2D eigenvalue weighted by Gasteiger charge is -2.20. The molecule has 0 saturated heterocycles. The van der Waals surface area contributed by atoms with Crippen molar-refractivity contribution in [3.63, 3.8) is 0 Å². The van der Waals surface area contributed by atoms with Gasteiger partial charge in [-0.2, -0.15) is 0 Å². The van der Waals surface area contributed by atoms with Crippen molar-refractivity contribution in [2.75, 3.05) is 13.7 Å². The van der Waals surface area contributed by atoms with E-state index in [2.05, 4.69) is 5.32 Å². The zero-order chi connectivity index (χ0) is 15.2. The molecule has 1 amide bonds. The fourth-order valence-corrected chi connectivity index (χ4v) is 1.61. The number of Topliss-reactive ketones (excluding diaryl/α,β-unsaturated/α-hetero) is 2. The monoisotopic (exact) mass is 269 g/mol. The molecule has 5 nitrogen and oxygen atoms in total. The molecule has 0 fully saturated rings. The maximum Gasteiger partial charge on any atom is 0.247 e. The lowest BCUT2D eigenvalue weighted by molar-refractivity contribution is -0.126. The van der Waals surface area contributed by atoms with Crippen LogP contribution in [0.3, 0.4) is 0 Å². The smallest absolute Gasteiger partial charge is 0.247 e. The van der Waals surface area contributed by atoms with Crippen LogP contribution in [-0.4, -0.2) is 37.2 Å². The topological polar surface area (TPSA) is 72.5 Å². The van der Waals surface area contributed by atoms with Crippen molar-refractivity contribution in [1.29, 1.82) is 0 Å². The Balaban J connectivity index is 4.95. The van der Waals surface area contributed by atoms with Gasteiger partial charge in [-0.25, -0.2) is 0 Å². The van der Waals surface area contributed by atoms with Gasteiger partial charge < -0.3 is 10.1 Å². The summed E-state index contributed by atoms with van der Waals surface area (Å²) in [5.41, 5.74) is 0.666. The predicted molar refractivity (Wildman–Crippen MR) is 72.7 cm³/mol. The molecule has 0 saturated carbocycles. The van der Waals surface area contributed by atoms with Gasteiger partial charge in [0.2, 0.25) is 5.91 Å². The van der Waals surface area contributed by atoms with Crippen LogP contribution in [-0.2, 0) is 19.1 Å². The van der Waals surface area contributed by atoms with Gasteiger partial charge in [-0.15, -0.1) is 0 Å². The van der Waals surface area contributed by atoms with E-state index in [0.717, 1.165) is 0 Å². The third-order valence-electron chi connectivity index (χ3n) is 2.99. The standard InChI is InChI=1S/C14H23NO4/c1-8(2)13(11(5)16)15-14(18)10(4)9(3)12(17)7-19-6/h8,13H,7H2,1-6H3,(H,15,18). The van der Waals surface area contributed by atoms with Gasteiger partial charge in [0, 0.05) is 18.3 Å². The molecular weight excluding hydrogens is 246 g/mol. The molecule has 0 aromatic carbocycles. The molecule has 1 atom stereocenters. The molecular formula is C14H23NO4. The van der Waals surface area contributed by atoms with Crippen LogP contribution < -0.4 is 5.32 Å². The molecule has 0 aliphatic carbocycles. The highest BCUT2D eigenvalue weighted by atomic mass is 16.5. The zero-order valence-electron chi connectivity index (χ0n) is 12.5. The molecule has 0 radical (unpaired) electrons. The Labute approximate surface area is 114 Å². The van der Waals surface area contributed by atoms with E-state index in [9.17, 15) is 14.4 Å². The summed E-state index contributed by atoms with van der Waals surface area (Å²) in [5.74, 6) is -0.726. The number of ether oxygens (including phenoxy) is 1. The van der Waals surface area contributed by atoms with Crippen molar-refractivity contribution < 1.29 is 19.1 Å². The van der Waals surface area contributed by atoms with Crippen molar-refractivity contribution in [2.45, 2.75) is 40.7 Å². The van der Waals surface area contributed by atoms with Crippen molar-refractivity contribution >= 4 is 17.5 Å². The summed E-state index contributed by atoms with van der Waals surface area (Å²) in [4.78, 5) is 35.0. The van der Waals surface area contributed by atoms with Crippen LogP contribution in [0.5, 0.6) is 0 Å². The van der Waals surface area contributed by atoms with E-state index in [-0.39, 0.29) is 24.1 Å². The minimum Gasteiger partial charge on any atom is -0.377 e. The number of amides is 1. The molecule has 19 heavy (non-hydrogen) atoms. The first-order valence-electron chi connectivity index (χ1n) is 6.23. The molecule has 0 aromatic heterocycles. The van der Waals surface area contributed by atoms with Crippen LogP contribution in [0.25, 0.3) is 0 Å². The average Bonchev–Trinajstić information content (AvgIpc) is 2.33. The van der Waals surface area contributed by atoms with E-state index in [1.165, 1.54) is 14.0 Å². The van der Waals surface area contributed by atoms with Crippen LogP contribution in [0.4, 0.5) is 0 Å². The molecule has 1 unspecified atom stereocenters. The predicted octanol–water partition coefficient (Wildman–Crippen LogP) is 1.27. The largest absolute Gasteiger partial charge is 0.377 e. The maximum atomic E-state index is 12.0. The average molecular weight is 269 g/mol. The summed E-state index contributed by atoms with van der Waals surface area (Å²) < 4.78 is 4.74. The third kappa shape index (κ3) is 5.34. The van der Waals surface area contributed by atoms with Crippen molar-refractivity contribution in [3.8, 4) is 0 Å². The molecule has 0 bridgehead atoms. The van der Waals surface area contributed by atoms with Crippen LogP contribution >= 0.6 is 0 Å². The number of methoxy groups -OCH3 is 1. The molecule has 0 aliphatic rings. The van der Waals surface area contributed by atoms with E-state index < -0.39 is 11.9 Å². The lowest BCUT2D eigenvalue weighted by Crippen LogP contribution is -2.44. The fourth-order valence-electron chi connectivity index (χ4n) is 1.61. The Bertz CT molecular complexity index is 396. The highest BCUT2D eigenvalue weighted by molar-refractivity contribution is 6.06. The minimum atomic E-state index is -0.534. The number of nitrogens with one attached hydrogen (secondary N) is 1. The maximum absolute atomic E-state index is 12.0. The van der Waals surface area contributed by atoms with Gasteiger partial charge in [0.05, 0.1) is 6.04 Å². The second kappa shape index (κ2) is 7.84. The van der Waals surface area contributed by atoms with Crippen LogP contribution in [0.2, 0.25) is 0 Å². The quantitative estimate of drug-likeness (QED) is 0.706. The van der Waals surface area contributed by atoms with Gasteiger partial charge in [-0.3, -0.25) is 14.4 Å². The Morgan fingerprint density at radius 3 is 1.95 bits per heavy atom. The first-order valence-corrected chi connectivity index (χ1v) is 6.23. The molecule has 0 spiro atoms. The number of rotatable bonds is 7. The second-order valence-corrected chi connectivity index (χ2v) is 4.91. The van der Waals surface area contributed by atoms with Crippen LogP contribution in [0.1, 0.15) is 34.6 Å². The van der Waals surface area contributed by atoms with Crippen molar-refractivity contribution in [2.24, 2.45) is 5.92 Å². The molecule has 0 rings (SSSR count). The van der Waals surface area contributed by atoms with Gasteiger partial charge in [0.15, 0.2) is 11.6 Å². The zero-order valence-corrected chi connectivity index (χ0v) is 12.5. The third-order valence-corrected chi connectivity index (χ3v) is 2.99. The van der Waals surface area contributed by atoms with E-state index in [1.807, 2.05) is 13.8 Å². The van der Waals surface area contributed by atoms with Gasteiger partial charge >= 0.3 is 0 Å². The summed E-state index contributed by atoms with van der Waals surface area (Å²) in [5, 5.41) is 2.65. The fraction of sp³-hybridized carbons (Fsp3) is 0.643. The molecule has 108 valence electrons. The summed E-state index contributed by atoms with van der Waals surface area (Å²) >= 11 is 0. The van der Waals surface area contributed by atoms with E-state index >= 15 is 0 Å². The van der Waals surface area contributed by atoms with Gasteiger partial charge in [-0.05, 0) is 26.7 Å². The highest BCUT2D eigenvalue weighted by Crippen LogP contribution is 2.08. The number of carbonyl (C=O) groups is 3. The number of ketones is 2. The molecule has 0 aromatic rings. The van der Waals surface area contributed by atoms with E-state index in [4.69, 9.17) is 4.74 Å². The molecule has 1 N–H and O–H groups in total. The normalized spacial score (nSPS) is 13.8. The Hall–Kier alpha value is -1.49. The summed E-state index contributed by atoms with van der Waals surface area (Å²) in [6.45, 7) is 8.23. The summed E-state index contributed by atoms with van der Waals surface area (Å²) in [7, 11) is 1.42. The minimum absolute atomic E-state index is 0.00392. The first-order chi connectivity index (χ1) is 8.72. The van der Waals surface area contributed by atoms with Crippen molar-refractivity contribution in [3.05, 3.63) is 11.1 Å². The molecule has 0 heterocycles. The van der Waals surface area contributed by atoms with Gasteiger partial charge in [0.25, 0.3) is 0 Å². The SMILES string of the molecule is COCC(=O)C(C)=C(C)C(=O)NC(C(C)=O)C(C)C. The second-order valence-electron chi connectivity index (χ2n) is 4.91. The van der Waals surface area contributed by atoms with Crippen LogP contribution in [0, 0.1) is 5.92 Å². The number of carbonyl (C=O) groups excluding carboxylic acids is 3. The number of hydrogen-bond acceptors (Lipinski definition) is 4. The highest BCUT2D eigenvalue weighted by Gasteiger charge is 2.22. The lowest BCUT2D eigenvalue weighted by atomic mass is 9.99. The van der Waals surface area contributed by atoms with Gasteiger partial charge in [-0.1, -0.05) is 13.8 Å². The van der Waals surface area contributed by atoms with E-state index in [1.54, 1.807) is 13.8 Å². The summed E-state index contributed by atoms with van der Waals surface area (Å²) in [6.07, 6.45) is 0. The Morgan fingerprint density at radius 1 is 1.05 bits per heavy atom. The summed E-state index contributed by atoms with van der Waals surface area (Å²) in [6, 6.07) is -0.534. The first kappa shape index (κ1) is 17.5. The van der Waals surface area contributed by atoms with Crippen LogP contribution in [0.15, 0.2) is 11.1 Å². The molecule has 0 aliphatic heterocycles. The molecule has 5 heteroatoms. The number of hydrogen-bond donors (Lipinski definition) is 1. The Kier molecular flexibility index (Phi) is 7.22. The van der Waals surface area contributed by atoms with Gasteiger partial charge in [0.1, 0.15) is 6.61 Å². The van der Waals surface area contributed by atoms with Crippen molar-refractivity contribution in [1.82, 2.24) is 5.32 Å². The van der Waals surface area contributed by atoms with E-state index in [0.29, 0.717) is 11.1 Å². The Morgan fingerprint density at radius 2 is 1.58 bits per heavy atom.